The minimum absolute atomic E-state index is 0.127. The first-order valence-corrected chi connectivity index (χ1v) is 6.51. The number of nitro groups is 1. The van der Waals surface area contributed by atoms with Gasteiger partial charge in [-0.3, -0.25) is 10.1 Å². The van der Waals surface area contributed by atoms with E-state index in [2.05, 4.69) is 5.32 Å². The summed E-state index contributed by atoms with van der Waals surface area (Å²) in [7, 11) is 1.35. The van der Waals surface area contributed by atoms with E-state index in [-0.39, 0.29) is 11.4 Å². The Balaban J connectivity index is 2.01. The first kappa shape index (κ1) is 15.7. The number of rotatable bonds is 6. The quantitative estimate of drug-likeness (QED) is 0.655. The number of nitrogens with zero attached hydrogens (tertiary/aromatic N) is 1. The van der Waals surface area contributed by atoms with Crippen molar-refractivity contribution >= 4 is 11.4 Å². The number of methoxy groups -OCH3 is 1. The topological polar surface area (TPSA) is 64.4 Å². The van der Waals surface area contributed by atoms with E-state index in [4.69, 9.17) is 4.74 Å². The van der Waals surface area contributed by atoms with Crippen LogP contribution >= 0.6 is 0 Å². The Morgan fingerprint density at radius 1 is 1.23 bits per heavy atom. The molecule has 22 heavy (non-hydrogen) atoms. The van der Waals surface area contributed by atoms with Crippen molar-refractivity contribution < 1.29 is 18.4 Å². The molecular weight excluding hydrogens is 294 g/mol. The van der Waals surface area contributed by atoms with Gasteiger partial charge in [-0.25, -0.2) is 8.78 Å². The fourth-order valence-corrected chi connectivity index (χ4v) is 2.00. The molecule has 0 unspecified atom stereocenters. The van der Waals surface area contributed by atoms with Crippen molar-refractivity contribution in [2.75, 3.05) is 19.0 Å². The van der Waals surface area contributed by atoms with Crippen LogP contribution in [0.2, 0.25) is 0 Å². The fourth-order valence-electron chi connectivity index (χ4n) is 2.00. The minimum atomic E-state index is -0.616. The highest BCUT2D eigenvalue weighted by Gasteiger charge is 2.14. The van der Waals surface area contributed by atoms with E-state index in [9.17, 15) is 18.9 Å². The third-order valence-corrected chi connectivity index (χ3v) is 3.11. The largest absolute Gasteiger partial charge is 0.490 e. The molecule has 2 aromatic rings. The molecule has 0 aromatic heterocycles. The molecule has 0 heterocycles. The van der Waals surface area contributed by atoms with Crippen LogP contribution in [0.15, 0.2) is 36.4 Å². The van der Waals surface area contributed by atoms with Gasteiger partial charge in [0.15, 0.2) is 5.75 Å². The van der Waals surface area contributed by atoms with Crippen LogP contribution in [0.5, 0.6) is 5.75 Å². The molecule has 0 saturated carbocycles. The Hall–Kier alpha value is -2.70. The maximum absolute atomic E-state index is 13.5. The number of hydrogen-bond donors (Lipinski definition) is 1. The lowest BCUT2D eigenvalue weighted by molar-refractivity contribution is -0.385. The highest BCUT2D eigenvalue weighted by molar-refractivity contribution is 5.58. The third-order valence-electron chi connectivity index (χ3n) is 3.11. The number of halogens is 2. The summed E-state index contributed by atoms with van der Waals surface area (Å²) >= 11 is 0. The van der Waals surface area contributed by atoms with Gasteiger partial charge in [0.1, 0.15) is 11.6 Å². The van der Waals surface area contributed by atoms with Gasteiger partial charge in [0, 0.05) is 30.4 Å². The number of ether oxygens (including phenoxy) is 1. The Morgan fingerprint density at radius 3 is 2.64 bits per heavy atom. The van der Waals surface area contributed by atoms with Gasteiger partial charge < -0.3 is 10.1 Å². The Labute approximate surface area is 125 Å². The predicted octanol–water partition coefficient (Wildman–Crippen LogP) is 3.54. The zero-order valence-corrected chi connectivity index (χ0v) is 11.8. The Bertz CT molecular complexity index is 692. The van der Waals surface area contributed by atoms with Crippen LogP contribution in [0.3, 0.4) is 0 Å². The monoisotopic (exact) mass is 308 g/mol. The molecule has 0 aliphatic rings. The Kier molecular flexibility index (Phi) is 4.88. The summed E-state index contributed by atoms with van der Waals surface area (Å²) in [6.07, 6.45) is 0.353. The van der Waals surface area contributed by atoms with Gasteiger partial charge in [-0.15, -0.1) is 0 Å². The smallest absolute Gasteiger partial charge is 0.311 e. The molecule has 1 N–H and O–H groups in total. The number of nitrogens with one attached hydrogen (secondary N) is 1. The molecule has 0 bridgehead atoms. The van der Waals surface area contributed by atoms with E-state index in [1.807, 2.05) is 0 Å². The molecule has 5 nitrogen and oxygen atoms in total. The molecule has 0 atom stereocenters. The van der Waals surface area contributed by atoms with Crippen LogP contribution in [-0.4, -0.2) is 18.6 Å². The Morgan fingerprint density at radius 2 is 2.00 bits per heavy atom. The van der Waals surface area contributed by atoms with E-state index >= 15 is 0 Å². The normalized spacial score (nSPS) is 10.3. The van der Waals surface area contributed by atoms with Crippen LogP contribution in [0.25, 0.3) is 0 Å². The fraction of sp³-hybridized carbons (Fsp3) is 0.200. The number of hydrogen-bond acceptors (Lipinski definition) is 4. The average Bonchev–Trinajstić information content (AvgIpc) is 2.49. The van der Waals surface area contributed by atoms with Crippen molar-refractivity contribution in [2.45, 2.75) is 6.42 Å². The standard InChI is InChI=1S/C15H14F2N2O3/c1-22-15-9-12(4-5-14(15)19(20)21)18-7-6-10-2-3-11(16)8-13(10)17/h2-5,8-9,18H,6-7H2,1H3. The first-order chi connectivity index (χ1) is 10.5. The van der Waals surface area contributed by atoms with E-state index in [1.54, 1.807) is 6.07 Å². The van der Waals surface area contributed by atoms with Gasteiger partial charge in [-0.05, 0) is 24.1 Å². The lowest BCUT2D eigenvalue weighted by Gasteiger charge is -2.09. The van der Waals surface area contributed by atoms with Gasteiger partial charge in [0.05, 0.1) is 12.0 Å². The average molecular weight is 308 g/mol. The van der Waals surface area contributed by atoms with Gasteiger partial charge >= 0.3 is 5.69 Å². The summed E-state index contributed by atoms with van der Waals surface area (Å²) in [5.74, 6) is -1.07. The van der Waals surface area contributed by atoms with Gasteiger partial charge in [-0.2, -0.15) is 0 Å². The molecule has 2 rings (SSSR count). The maximum atomic E-state index is 13.5. The molecule has 0 saturated heterocycles. The van der Waals surface area contributed by atoms with Crippen LogP contribution in [-0.2, 0) is 6.42 Å². The highest BCUT2D eigenvalue weighted by atomic mass is 19.1. The van der Waals surface area contributed by atoms with Crippen LogP contribution in [0.4, 0.5) is 20.2 Å². The highest BCUT2D eigenvalue weighted by Crippen LogP contribution is 2.29. The molecule has 116 valence electrons. The summed E-state index contributed by atoms with van der Waals surface area (Å²) in [5, 5.41) is 13.8. The lowest BCUT2D eigenvalue weighted by Crippen LogP contribution is -2.06. The minimum Gasteiger partial charge on any atom is -0.490 e. The summed E-state index contributed by atoms with van der Waals surface area (Å²) in [4.78, 5) is 10.3. The van der Waals surface area contributed by atoms with Crippen molar-refractivity contribution in [3.63, 3.8) is 0 Å². The summed E-state index contributed by atoms with van der Waals surface area (Å²) in [5.41, 5.74) is 0.880. The van der Waals surface area contributed by atoms with Crippen molar-refractivity contribution in [1.29, 1.82) is 0 Å². The summed E-state index contributed by atoms with van der Waals surface area (Å²) in [6.45, 7) is 0.392. The third kappa shape index (κ3) is 3.69. The van der Waals surface area contributed by atoms with Gasteiger partial charge in [-0.1, -0.05) is 6.07 Å². The molecule has 0 aliphatic heterocycles. The summed E-state index contributed by atoms with van der Waals surface area (Å²) < 4.78 is 31.2. The zero-order chi connectivity index (χ0) is 16.1. The van der Waals surface area contributed by atoms with E-state index in [0.29, 0.717) is 24.2 Å². The molecule has 0 spiro atoms. The van der Waals surface area contributed by atoms with Gasteiger partial charge in [0.2, 0.25) is 0 Å². The second-order valence-electron chi connectivity index (χ2n) is 4.56. The van der Waals surface area contributed by atoms with E-state index in [1.165, 1.54) is 31.4 Å². The molecule has 7 heteroatoms. The molecule has 2 aromatic carbocycles. The van der Waals surface area contributed by atoms with E-state index in [0.717, 1.165) is 6.07 Å². The number of benzene rings is 2. The van der Waals surface area contributed by atoms with Crippen molar-refractivity contribution in [2.24, 2.45) is 0 Å². The molecule has 0 aliphatic carbocycles. The molecule has 0 fully saturated rings. The number of nitro benzene ring substituents is 1. The SMILES string of the molecule is COc1cc(NCCc2ccc(F)cc2F)ccc1[N+](=O)[O-]. The van der Waals surface area contributed by atoms with Crippen molar-refractivity contribution in [3.8, 4) is 5.75 Å². The van der Waals surface area contributed by atoms with Gasteiger partial charge in [0.25, 0.3) is 0 Å². The molecular formula is C15H14F2N2O3. The van der Waals surface area contributed by atoms with Crippen molar-refractivity contribution in [1.82, 2.24) is 0 Å². The van der Waals surface area contributed by atoms with Crippen LogP contribution < -0.4 is 10.1 Å². The first-order valence-electron chi connectivity index (χ1n) is 6.51. The second kappa shape index (κ2) is 6.84. The van der Waals surface area contributed by atoms with Crippen molar-refractivity contribution in [3.05, 3.63) is 63.7 Å². The summed E-state index contributed by atoms with van der Waals surface area (Å²) in [6, 6.07) is 7.81. The van der Waals surface area contributed by atoms with Crippen LogP contribution in [0, 0.1) is 21.7 Å². The maximum Gasteiger partial charge on any atom is 0.311 e. The zero-order valence-electron chi connectivity index (χ0n) is 11.8. The molecule has 0 radical (unpaired) electrons. The number of anilines is 1. The lowest BCUT2D eigenvalue weighted by atomic mass is 10.1. The second-order valence-corrected chi connectivity index (χ2v) is 4.56. The predicted molar refractivity (Wildman–Crippen MR) is 78.2 cm³/mol. The van der Waals surface area contributed by atoms with E-state index < -0.39 is 16.6 Å². The molecule has 0 amide bonds. The van der Waals surface area contributed by atoms with Crippen LogP contribution in [0.1, 0.15) is 5.56 Å².